The molecule has 0 aromatic carbocycles. The van der Waals surface area contributed by atoms with Crippen molar-refractivity contribution < 1.29 is 14.7 Å². The third kappa shape index (κ3) is 3.72. The van der Waals surface area contributed by atoms with Crippen molar-refractivity contribution in [2.24, 2.45) is 23.2 Å². The molecule has 3 atom stereocenters. The molecule has 1 rings (SSSR count). The normalized spacial score (nSPS) is 28.8. The summed E-state index contributed by atoms with van der Waals surface area (Å²) in [5, 5.41) is 12.0. The highest BCUT2D eigenvalue weighted by molar-refractivity contribution is 5.80. The molecule has 0 aromatic heterocycles. The number of rotatable bonds is 3. The third-order valence-electron chi connectivity index (χ3n) is 4.00. The van der Waals surface area contributed by atoms with Crippen LogP contribution in [-0.2, 0) is 9.59 Å². The van der Waals surface area contributed by atoms with Gasteiger partial charge < -0.3 is 10.4 Å². The maximum Gasteiger partial charge on any atom is 0.306 e. The van der Waals surface area contributed by atoms with Gasteiger partial charge in [0.1, 0.15) is 0 Å². The second-order valence-corrected chi connectivity index (χ2v) is 6.40. The van der Waals surface area contributed by atoms with Crippen molar-refractivity contribution in [2.75, 3.05) is 6.54 Å². The fraction of sp³-hybridized carbons (Fsp3) is 0.857. The maximum atomic E-state index is 11.9. The van der Waals surface area contributed by atoms with Crippen LogP contribution in [0.25, 0.3) is 0 Å². The summed E-state index contributed by atoms with van der Waals surface area (Å²) in [6.45, 7) is 8.86. The standard InChI is InChI=1S/C14H25NO3/c1-5-15-12(16)9-6-10(13(17)18)8-11(7-9)14(2,3)4/h9-11H,5-8H2,1-4H3,(H,15,16)(H,17,18)/t9-,10+,11+/m1/s1. The first-order valence-electron chi connectivity index (χ1n) is 6.76. The molecule has 1 aliphatic rings. The second kappa shape index (κ2) is 5.72. The van der Waals surface area contributed by atoms with E-state index in [1.807, 2.05) is 6.92 Å². The molecular weight excluding hydrogens is 230 g/mol. The van der Waals surface area contributed by atoms with Crippen molar-refractivity contribution in [1.82, 2.24) is 5.32 Å². The Bertz CT molecular complexity index is 319. The van der Waals surface area contributed by atoms with Gasteiger partial charge in [-0.2, -0.15) is 0 Å². The number of hydrogen-bond acceptors (Lipinski definition) is 2. The molecule has 1 aliphatic carbocycles. The highest BCUT2D eigenvalue weighted by atomic mass is 16.4. The molecule has 0 aromatic rings. The van der Waals surface area contributed by atoms with E-state index in [2.05, 4.69) is 26.1 Å². The van der Waals surface area contributed by atoms with Crippen LogP contribution >= 0.6 is 0 Å². The molecule has 0 saturated heterocycles. The Morgan fingerprint density at radius 3 is 2.17 bits per heavy atom. The number of carboxylic acid groups (broad SMARTS) is 1. The van der Waals surface area contributed by atoms with Crippen LogP contribution in [0.1, 0.15) is 47.0 Å². The van der Waals surface area contributed by atoms with E-state index in [9.17, 15) is 14.7 Å². The van der Waals surface area contributed by atoms with E-state index in [-0.39, 0.29) is 23.2 Å². The SMILES string of the molecule is CCNC(=O)[C@@H]1C[C@H](C(=O)O)C[C@@H](C(C)(C)C)C1. The maximum absolute atomic E-state index is 11.9. The van der Waals surface area contributed by atoms with E-state index in [1.54, 1.807) is 0 Å². The molecule has 4 heteroatoms. The van der Waals surface area contributed by atoms with E-state index >= 15 is 0 Å². The number of hydrogen-bond donors (Lipinski definition) is 2. The lowest BCUT2D eigenvalue weighted by molar-refractivity contribution is -0.145. The first-order valence-corrected chi connectivity index (χ1v) is 6.76. The molecule has 0 unspecified atom stereocenters. The van der Waals surface area contributed by atoms with Gasteiger partial charge in [0, 0.05) is 12.5 Å². The summed E-state index contributed by atoms with van der Waals surface area (Å²) in [5.74, 6) is -0.990. The monoisotopic (exact) mass is 255 g/mol. The number of nitrogens with one attached hydrogen (secondary N) is 1. The molecule has 0 heterocycles. The minimum absolute atomic E-state index is 0.0118. The van der Waals surface area contributed by atoms with Gasteiger partial charge in [-0.1, -0.05) is 20.8 Å². The van der Waals surface area contributed by atoms with Gasteiger partial charge in [0.15, 0.2) is 0 Å². The zero-order valence-electron chi connectivity index (χ0n) is 11.8. The zero-order chi connectivity index (χ0) is 13.9. The van der Waals surface area contributed by atoms with Crippen LogP contribution in [0.5, 0.6) is 0 Å². The van der Waals surface area contributed by atoms with Crippen LogP contribution in [0.2, 0.25) is 0 Å². The highest BCUT2D eigenvalue weighted by Gasteiger charge is 2.40. The van der Waals surface area contributed by atoms with Crippen LogP contribution in [0, 0.1) is 23.2 Å². The van der Waals surface area contributed by atoms with Gasteiger partial charge in [0.2, 0.25) is 5.91 Å². The molecule has 0 radical (unpaired) electrons. The first kappa shape index (κ1) is 15.0. The molecule has 0 aliphatic heterocycles. The Balaban J connectivity index is 2.81. The van der Waals surface area contributed by atoms with E-state index in [0.29, 0.717) is 25.3 Å². The second-order valence-electron chi connectivity index (χ2n) is 6.40. The summed E-state index contributed by atoms with van der Waals surface area (Å²) < 4.78 is 0. The summed E-state index contributed by atoms with van der Waals surface area (Å²) >= 11 is 0. The molecule has 1 saturated carbocycles. The van der Waals surface area contributed by atoms with Gasteiger partial charge in [0.05, 0.1) is 5.92 Å². The molecular formula is C14H25NO3. The van der Waals surface area contributed by atoms with Crippen molar-refractivity contribution in [2.45, 2.75) is 47.0 Å². The Morgan fingerprint density at radius 2 is 1.72 bits per heavy atom. The quantitative estimate of drug-likeness (QED) is 0.813. The van der Waals surface area contributed by atoms with E-state index in [4.69, 9.17) is 0 Å². The van der Waals surface area contributed by atoms with Crippen LogP contribution in [0.15, 0.2) is 0 Å². The lowest BCUT2D eigenvalue weighted by Crippen LogP contribution is -2.40. The summed E-state index contributed by atoms with van der Waals surface area (Å²) in [6, 6.07) is 0. The fourth-order valence-corrected chi connectivity index (χ4v) is 2.76. The smallest absolute Gasteiger partial charge is 0.306 e. The Hall–Kier alpha value is -1.06. The largest absolute Gasteiger partial charge is 0.481 e. The van der Waals surface area contributed by atoms with Gasteiger partial charge in [-0.15, -0.1) is 0 Å². The average molecular weight is 255 g/mol. The van der Waals surface area contributed by atoms with Crippen molar-refractivity contribution >= 4 is 11.9 Å². The number of carboxylic acids is 1. The Kier molecular flexibility index (Phi) is 4.77. The zero-order valence-corrected chi connectivity index (χ0v) is 11.8. The van der Waals surface area contributed by atoms with Crippen molar-refractivity contribution in [3.63, 3.8) is 0 Å². The summed E-state index contributed by atoms with van der Waals surface area (Å²) in [7, 11) is 0. The Labute approximate surface area is 109 Å². The van der Waals surface area contributed by atoms with Gasteiger partial charge in [0.25, 0.3) is 0 Å². The predicted molar refractivity (Wildman–Crippen MR) is 70.1 cm³/mol. The molecule has 104 valence electrons. The van der Waals surface area contributed by atoms with E-state index < -0.39 is 5.97 Å². The molecule has 0 bridgehead atoms. The number of carbonyl (C=O) groups is 2. The molecule has 1 amide bonds. The molecule has 18 heavy (non-hydrogen) atoms. The minimum atomic E-state index is -0.766. The van der Waals surface area contributed by atoms with Gasteiger partial charge >= 0.3 is 5.97 Å². The number of carbonyl (C=O) groups excluding carboxylic acids is 1. The fourth-order valence-electron chi connectivity index (χ4n) is 2.76. The van der Waals surface area contributed by atoms with Gasteiger partial charge in [-0.25, -0.2) is 0 Å². The molecule has 1 fully saturated rings. The van der Waals surface area contributed by atoms with Crippen LogP contribution in [0.3, 0.4) is 0 Å². The first-order chi connectivity index (χ1) is 8.25. The van der Waals surface area contributed by atoms with Gasteiger partial charge in [-0.05, 0) is 37.5 Å². The minimum Gasteiger partial charge on any atom is -0.481 e. The lowest BCUT2D eigenvalue weighted by Gasteiger charge is -2.39. The van der Waals surface area contributed by atoms with Crippen LogP contribution in [0.4, 0.5) is 0 Å². The van der Waals surface area contributed by atoms with Crippen molar-refractivity contribution in [3.8, 4) is 0 Å². The molecule has 4 nitrogen and oxygen atoms in total. The lowest BCUT2D eigenvalue weighted by atomic mass is 9.65. The van der Waals surface area contributed by atoms with E-state index in [0.717, 1.165) is 6.42 Å². The number of amides is 1. The molecule has 0 spiro atoms. The summed E-state index contributed by atoms with van der Waals surface area (Å²) in [4.78, 5) is 23.2. The number of aliphatic carboxylic acids is 1. The molecule has 2 N–H and O–H groups in total. The van der Waals surface area contributed by atoms with Crippen molar-refractivity contribution in [1.29, 1.82) is 0 Å². The highest BCUT2D eigenvalue weighted by Crippen LogP contribution is 2.42. The predicted octanol–water partition coefficient (Wildman–Crippen LogP) is 2.29. The summed E-state index contributed by atoms with van der Waals surface area (Å²) in [6.07, 6.45) is 1.97. The van der Waals surface area contributed by atoms with E-state index in [1.165, 1.54) is 0 Å². The van der Waals surface area contributed by atoms with Crippen LogP contribution in [-0.4, -0.2) is 23.5 Å². The summed E-state index contributed by atoms with van der Waals surface area (Å²) in [5.41, 5.74) is 0.0544. The van der Waals surface area contributed by atoms with Crippen molar-refractivity contribution in [3.05, 3.63) is 0 Å². The van der Waals surface area contributed by atoms with Gasteiger partial charge in [-0.3, -0.25) is 9.59 Å². The third-order valence-corrected chi connectivity index (χ3v) is 4.00. The average Bonchev–Trinajstić information content (AvgIpc) is 2.27. The van der Waals surface area contributed by atoms with Crippen LogP contribution < -0.4 is 5.32 Å². The topological polar surface area (TPSA) is 66.4 Å². The Morgan fingerprint density at radius 1 is 1.17 bits per heavy atom.